The summed E-state index contributed by atoms with van der Waals surface area (Å²) in [5, 5.41) is 3.45. The maximum atomic E-state index is 11.3. The number of hydrogen-bond acceptors (Lipinski definition) is 6. The Kier molecular flexibility index (Phi) is 4.98. The molecule has 0 radical (unpaired) electrons. The van der Waals surface area contributed by atoms with Crippen molar-refractivity contribution < 1.29 is 17.7 Å². The number of rotatable bonds is 5. The average Bonchev–Trinajstić information content (AvgIpc) is 2.87. The molecule has 1 aromatic heterocycles. The lowest BCUT2D eigenvalue weighted by molar-refractivity contribution is 0.285. The summed E-state index contributed by atoms with van der Waals surface area (Å²) < 4.78 is 32.9. The molecule has 0 bridgehead atoms. The number of ether oxygens (including phenoxy) is 1. The van der Waals surface area contributed by atoms with Crippen molar-refractivity contribution in [3.05, 3.63) is 33.9 Å². The van der Waals surface area contributed by atoms with Crippen LogP contribution in [-0.2, 0) is 22.1 Å². The number of aromatic nitrogens is 2. The summed E-state index contributed by atoms with van der Waals surface area (Å²) in [4.78, 5) is 3.78. The van der Waals surface area contributed by atoms with Gasteiger partial charge in [0.25, 0.3) is 9.05 Å². The predicted octanol–water partition coefficient (Wildman–Crippen LogP) is 3.45. The number of hydrogen-bond donors (Lipinski definition) is 0. The minimum Gasteiger partial charge on any atom is -0.484 e. The molecule has 0 unspecified atom stereocenters. The highest BCUT2D eigenvalue weighted by Gasteiger charge is 2.20. The van der Waals surface area contributed by atoms with Gasteiger partial charge in [0.1, 0.15) is 15.7 Å². The van der Waals surface area contributed by atoms with Gasteiger partial charge in [-0.25, -0.2) is 8.42 Å². The molecule has 114 valence electrons. The zero-order chi connectivity index (χ0) is 15.6. The molecule has 0 N–H and O–H groups in total. The van der Waals surface area contributed by atoms with Crippen LogP contribution in [0.2, 0.25) is 10.0 Å². The van der Waals surface area contributed by atoms with Gasteiger partial charge in [-0.05, 0) is 12.1 Å². The molecule has 2 rings (SSSR count). The lowest BCUT2D eigenvalue weighted by Gasteiger charge is -2.09. The van der Waals surface area contributed by atoms with E-state index in [1.165, 1.54) is 12.1 Å². The Hall–Kier alpha value is -1.02. The Morgan fingerprint density at radius 3 is 2.57 bits per heavy atom. The molecule has 0 aliphatic carbocycles. The number of halogens is 3. The summed E-state index contributed by atoms with van der Waals surface area (Å²) in [6.45, 7) is 1.88. The first-order valence-corrected chi connectivity index (χ1v) is 8.76. The summed E-state index contributed by atoms with van der Waals surface area (Å²) in [6, 6.07) is 2.56. The van der Waals surface area contributed by atoms with E-state index in [2.05, 4.69) is 10.1 Å². The molecule has 0 aliphatic rings. The lowest BCUT2D eigenvalue weighted by Crippen LogP contribution is -2.00. The monoisotopic (exact) mass is 370 g/mol. The highest BCUT2D eigenvalue weighted by atomic mass is 35.7. The van der Waals surface area contributed by atoms with Crippen LogP contribution in [0.4, 0.5) is 0 Å². The second-order valence-corrected chi connectivity index (χ2v) is 7.16. The SMILES string of the molecule is CCc1nc(COc2ccc(S(=O)(=O)Cl)c(Cl)c2Cl)no1. The molecule has 1 aromatic carbocycles. The Labute approximate surface area is 135 Å². The highest BCUT2D eigenvalue weighted by molar-refractivity contribution is 8.13. The van der Waals surface area contributed by atoms with Gasteiger partial charge in [0.15, 0.2) is 6.61 Å². The molecule has 2 aromatic rings. The number of nitrogens with zero attached hydrogens (tertiary/aromatic N) is 2. The van der Waals surface area contributed by atoms with E-state index in [1.807, 2.05) is 6.92 Å². The Bertz CT molecular complexity index is 761. The molecule has 21 heavy (non-hydrogen) atoms. The Balaban J connectivity index is 2.20. The molecule has 0 spiro atoms. The zero-order valence-electron chi connectivity index (χ0n) is 10.6. The summed E-state index contributed by atoms with van der Waals surface area (Å²) >= 11 is 11.8. The van der Waals surface area contributed by atoms with Gasteiger partial charge in [-0.1, -0.05) is 35.3 Å². The van der Waals surface area contributed by atoms with Gasteiger partial charge in [-0.3, -0.25) is 0 Å². The molecule has 0 aliphatic heterocycles. The molecule has 10 heteroatoms. The second-order valence-electron chi connectivity index (χ2n) is 3.87. The van der Waals surface area contributed by atoms with E-state index < -0.39 is 9.05 Å². The first-order chi connectivity index (χ1) is 9.82. The van der Waals surface area contributed by atoms with E-state index in [0.29, 0.717) is 18.1 Å². The molecular formula is C11H9Cl3N2O4S. The van der Waals surface area contributed by atoms with Gasteiger partial charge < -0.3 is 9.26 Å². The van der Waals surface area contributed by atoms with E-state index >= 15 is 0 Å². The van der Waals surface area contributed by atoms with E-state index in [9.17, 15) is 8.42 Å². The van der Waals surface area contributed by atoms with Crippen LogP contribution in [0.1, 0.15) is 18.6 Å². The van der Waals surface area contributed by atoms with Crippen molar-refractivity contribution in [2.45, 2.75) is 24.8 Å². The van der Waals surface area contributed by atoms with Crippen molar-refractivity contribution in [2.75, 3.05) is 0 Å². The molecular weight excluding hydrogens is 363 g/mol. The molecule has 0 amide bonds. The minimum atomic E-state index is -3.98. The Morgan fingerprint density at radius 1 is 1.29 bits per heavy atom. The number of benzene rings is 1. The first kappa shape index (κ1) is 16.4. The van der Waals surface area contributed by atoms with Crippen LogP contribution in [0.5, 0.6) is 5.75 Å². The van der Waals surface area contributed by atoms with Crippen molar-refractivity contribution in [1.82, 2.24) is 10.1 Å². The van der Waals surface area contributed by atoms with Crippen LogP contribution in [0.3, 0.4) is 0 Å². The maximum absolute atomic E-state index is 11.3. The van der Waals surface area contributed by atoms with Crippen LogP contribution in [-0.4, -0.2) is 18.6 Å². The van der Waals surface area contributed by atoms with Crippen LogP contribution in [0.25, 0.3) is 0 Å². The number of aryl methyl sites for hydroxylation is 1. The van der Waals surface area contributed by atoms with Crippen molar-refractivity contribution in [3.8, 4) is 5.75 Å². The summed E-state index contributed by atoms with van der Waals surface area (Å²) in [5.74, 6) is 1.02. The molecule has 6 nitrogen and oxygen atoms in total. The summed E-state index contributed by atoms with van der Waals surface area (Å²) in [6.07, 6.45) is 0.613. The fourth-order valence-corrected chi connectivity index (χ4v) is 3.24. The summed E-state index contributed by atoms with van der Waals surface area (Å²) in [7, 11) is 1.26. The standard InChI is InChI=1S/C11H9Cl3N2O4S/c1-2-9-15-8(16-20-9)5-19-6-3-4-7(21(14,17)18)11(13)10(6)12/h3-4H,2,5H2,1H3. The van der Waals surface area contributed by atoms with Crippen LogP contribution in [0.15, 0.2) is 21.6 Å². The quantitative estimate of drug-likeness (QED) is 0.749. The van der Waals surface area contributed by atoms with Gasteiger partial charge >= 0.3 is 0 Å². The van der Waals surface area contributed by atoms with Crippen molar-refractivity contribution >= 4 is 42.9 Å². The topological polar surface area (TPSA) is 82.3 Å². The smallest absolute Gasteiger partial charge is 0.262 e. The molecule has 0 atom stereocenters. The third kappa shape index (κ3) is 3.79. The van der Waals surface area contributed by atoms with Gasteiger partial charge in [0, 0.05) is 17.1 Å². The van der Waals surface area contributed by atoms with Crippen LogP contribution in [0, 0.1) is 0 Å². The van der Waals surface area contributed by atoms with Crippen LogP contribution >= 0.6 is 33.9 Å². The van der Waals surface area contributed by atoms with Crippen LogP contribution < -0.4 is 4.74 Å². The van der Waals surface area contributed by atoms with Gasteiger partial charge in [0.05, 0.1) is 5.02 Å². The minimum absolute atomic E-state index is 0.00647. The Morgan fingerprint density at radius 2 is 2.00 bits per heavy atom. The average molecular weight is 372 g/mol. The first-order valence-electron chi connectivity index (χ1n) is 5.69. The van der Waals surface area contributed by atoms with E-state index in [4.69, 9.17) is 43.1 Å². The van der Waals surface area contributed by atoms with Crippen molar-refractivity contribution in [1.29, 1.82) is 0 Å². The van der Waals surface area contributed by atoms with Gasteiger partial charge in [-0.15, -0.1) is 0 Å². The van der Waals surface area contributed by atoms with E-state index in [0.717, 1.165) is 0 Å². The predicted molar refractivity (Wildman–Crippen MR) is 77.5 cm³/mol. The lowest BCUT2D eigenvalue weighted by atomic mass is 10.3. The normalized spacial score (nSPS) is 11.6. The van der Waals surface area contributed by atoms with Crippen molar-refractivity contribution in [2.24, 2.45) is 0 Å². The third-order valence-corrected chi connectivity index (χ3v) is 4.78. The largest absolute Gasteiger partial charge is 0.484 e. The molecule has 1 heterocycles. The fraction of sp³-hybridized carbons (Fsp3) is 0.273. The maximum Gasteiger partial charge on any atom is 0.262 e. The molecule has 0 fully saturated rings. The second kappa shape index (κ2) is 6.39. The van der Waals surface area contributed by atoms with E-state index in [-0.39, 0.29) is 27.3 Å². The summed E-state index contributed by atoms with van der Waals surface area (Å²) in [5.41, 5.74) is 0. The molecule has 0 saturated carbocycles. The fourth-order valence-electron chi connectivity index (χ4n) is 1.45. The molecule has 0 saturated heterocycles. The van der Waals surface area contributed by atoms with Gasteiger partial charge in [-0.2, -0.15) is 4.98 Å². The zero-order valence-corrected chi connectivity index (χ0v) is 13.7. The highest BCUT2D eigenvalue weighted by Crippen LogP contribution is 2.38. The third-order valence-electron chi connectivity index (χ3n) is 2.44. The van der Waals surface area contributed by atoms with Crippen molar-refractivity contribution in [3.63, 3.8) is 0 Å². The van der Waals surface area contributed by atoms with Gasteiger partial charge in [0.2, 0.25) is 11.7 Å². The van der Waals surface area contributed by atoms with E-state index in [1.54, 1.807) is 0 Å².